The molecule has 2 rings (SSSR count). The summed E-state index contributed by atoms with van der Waals surface area (Å²) < 4.78 is 94.5. The molecule has 0 radical (unpaired) electrons. The second-order valence-corrected chi connectivity index (χ2v) is 8.75. The van der Waals surface area contributed by atoms with Crippen molar-refractivity contribution in [2.45, 2.75) is 13.1 Å². The maximum Gasteiger partial charge on any atom is 0.416 e. The Bertz CT molecular complexity index is 998. The van der Waals surface area contributed by atoms with Gasteiger partial charge in [0.1, 0.15) is 11.5 Å². The van der Waals surface area contributed by atoms with E-state index in [1.165, 1.54) is 18.2 Å². The number of rotatable bonds is 6. The molecule has 0 unspecified atom stereocenters. The maximum absolute atomic E-state index is 12.6. The monoisotopic (exact) mass is 410 g/mol. The molecule has 0 aliphatic heterocycles. The SMILES string of the molecule is Cc1cccc(OS(=O)(=O)CS(=O)(=O)Oc2cccc(C(F)(F)F)c2)c1. The molecule has 0 heterocycles. The van der Waals surface area contributed by atoms with Gasteiger partial charge in [-0.15, -0.1) is 0 Å². The van der Waals surface area contributed by atoms with Gasteiger partial charge in [-0.1, -0.05) is 18.2 Å². The van der Waals surface area contributed by atoms with Crippen LogP contribution in [0.1, 0.15) is 11.1 Å². The molecule has 0 aromatic heterocycles. The molecule has 2 aromatic carbocycles. The summed E-state index contributed by atoms with van der Waals surface area (Å²) in [7, 11) is -9.37. The highest BCUT2D eigenvalue weighted by Gasteiger charge is 2.32. The van der Waals surface area contributed by atoms with Gasteiger partial charge in [-0.25, -0.2) is 0 Å². The Morgan fingerprint density at radius 1 is 0.846 bits per heavy atom. The van der Waals surface area contributed by atoms with Crippen molar-refractivity contribution in [1.82, 2.24) is 0 Å². The highest BCUT2D eigenvalue weighted by molar-refractivity contribution is 8.04. The van der Waals surface area contributed by atoms with Crippen molar-refractivity contribution in [3.05, 3.63) is 59.7 Å². The van der Waals surface area contributed by atoms with E-state index in [0.717, 1.165) is 18.2 Å². The predicted molar refractivity (Wildman–Crippen MR) is 86.6 cm³/mol. The Morgan fingerprint density at radius 3 is 1.85 bits per heavy atom. The van der Waals surface area contributed by atoms with Crippen molar-refractivity contribution in [3.63, 3.8) is 0 Å². The fraction of sp³-hybridized carbons (Fsp3) is 0.200. The van der Waals surface area contributed by atoms with Crippen LogP contribution in [-0.4, -0.2) is 21.9 Å². The van der Waals surface area contributed by atoms with Crippen LogP contribution in [-0.2, 0) is 26.4 Å². The Hall–Kier alpha value is -2.27. The molecule has 0 aliphatic carbocycles. The number of hydrogen-bond acceptors (Lipinski definition) is 6. The lowest BCUT2D eigenvalue weighted by atomic mass is 10.2. The Morgan fingerprint density at radius 2 is 1.35 bits per heavy atom. The van der Waals surface area contributed by atoms with Crippen molar-refractivity contribution in [1.29, 1.82) is 0 Å². The number of benzene rings is 2. The summed E-state index contributed by atoms with van der Waals surface area (Å²) in [4.78, 5) is 0. The number of hydrogen-bond donors (Lipinski definition) is 0. The molecule has 26 heavy (non-hydrogen) atoms. The summed E-state index contributed by atoms with van der Waals surface area (Å²) >= 11 is 0. The van der Waals surface area contributed by atoms with Crippen LogP contribution >= 0.6 is 0 Å². The van der Waals surface area contributed by atoms with Gasteiger partial charge in [0.15, 0.2) is 0 Å². The normalized spacial score (nSPS) is 12.6. The molecule has 0 amide bonds. The summed E-state index contributed by atoms with van der Waals surface area (Å²) in [5.41, 5.74) is -0.454. The van der Waals surface area contributed by atoms with Gasteiger partial charge in [0.2, 0.25) is 5.08 Å². The van der Waals surface area contributed by atoms with Crippen LogP contribution < -0.4 is 8.37 Å². The van der Waals surface area contributed by atoms with Crippen molar-refractivity contribution in [2.75, 3.05) is 5.08 Å². The molecule has 0 fully saturated rings. The first-order valence-electron chi connectivity index (χ1n) is 6.95. The zero-order valence-corrected chi connectivity index (χ0v) is 14.9. The fourth-order valence-corrected chi connectivity index (χ4v) is 4.50. The third-order valence-electron chi connectivity index (χ3n) is 2.89. The molecular formula is C15H13F3O6S2. The largest absolute Gasteiger partial charge is 0.416 e. The van der Waals surface area contributed by atoms with Gasteiger partial charge in [0, 0.05) is 0 Å². The van der Waals surface area contributed by atoms with E-state index in [4.69, 9.17) is 0 Å². The molecule has 0 bridgehead atoms. The highest BCUT2D eigenvalue weighted by Crippen LogP contribution is 2.31. The first-order valence-corrected chi connectivity index (χ1v) is 10.1. The van der Waals surface area contributed by atoms with Crippen LogP contribution in [0.5, 0.6) is 11.5 Å². The van der Waals surface area contributed by atoms with Gasteiger partial charge in [0.25, 0.3) is 0 Å². The molecule has 0 saturated heterocycles. The molecule has 2 aromatic rings. The van der Waals surface area contributed by atoms with Gasteiger partial charge >= 0.3 is 26.4 Å². The van der Waals surface area contributed by atoms with Crippen molar-refractivity contribution in [3.8, 4) is 11.5 Å². The van der Waals surface area contributed by atoms with Crippen LogP contribution in [0.25, 0.3) is 0 Å². The summed E-state index contributed by atoms with van der Waals surface area (Å²) in [5.74, 6) is -0.759. The summed E-state index contributed by atoms with van der Waals surface area (Å²) in [5, 5.41) is -1.57. The minimum absolute atomic E-state index is 0.0979. The summed E-state index contributed by atoms with van der Waals surface area (Å²) in [6.45, 7) is 1.67. The second kappa shape index (κ2) is 7.16. The number of alkyl halides is 3. The molecule has 142 valence electrons. The predicted octanol–water partition coefficient (Wildman–Crippen LogP) is 3.09. The average molecular weight is 410 g/mol. The zero-order valence-electron chi connectivity index (χ0n) is 13.2. The van der Waals surface area contributed by atoms with Crippen LogP contribution in [0.4, 0.5) is 13.2 Å². The molecule has 0 spiro atoms. The van der Waals surface area contributed by atoms with Crippen LogP contribution in [0, 0.1) is 6.92 Å². The lowest BCUT2D eigenvalue weighted by molar-refractivity contribution is -0.137. The van der Waals surface area contributed by atoms with E-state index in [9.17, 15) is 30.0 Å². The van der Waals surface area contributed by atoms with E-state index in [-0.39, 0.29) is 5.75 Å². The van der Waals surface area contributed by atoms with Gasteiger partial charge in [-0.3, -0.25) is 0 Å². The van der Waals surface area contributed by atoms with Gasteiger partial charge in [0.05, 0.1) is 5.56 Å². The van der Waals surface area contributed by atoms with E-state index in [1.807, 2.05) is 0 Å². The van der Waals surface area contributed by atoms with Gasteiger partial charge in [-0.2, -0.15) is 30.0 Å². The van der Waals surface area contributed by atoms with E-state index in [1.54, 1.807) is 13.0 Å². The number of aryl methyl sites for hydroxylation is 1. The smallest absolute Gasteiger partial charge is 0.382 e. The second-order valence-electron chi connectivity index (χ2n) is 5.24. The maximum atomic E-state index is 12.6. The van der Waals surface area contributed by atoms with E-state index < -0.39 is 42.8 Å². The Labute approximate surface area is 148 Å². The standard InChI is InChI=1S/C15H13F3O6S2/c1-11-4-2-6-13(8-11)23-25(19,20)10-26(21,22)24-14-7-3-5-12(9-14)15(16,17)18/h2-9H,10H2,1H3. The Kier molecular flexibility index (Phi) is 5.52. The highest BCUT2D eigenvalue weighted by atomic mass is 32.3. The molecule has 6 nitrogen and oxygen atoms in total. The third-order valence-corrected chi connectivity index (χ3v) is 6.09. The molecule has 0 saturated carbocycles. The minimum atomic E-state index is -4.77. The van der Waals surface area contributed by atoms with E-state index in [2.05, 4.69) is 8.37 Å². The topological polar surface area (TPSA) is 86.7 Å². The van der Waals surface area contributed by atoms with E-state index >= 15 is 0 Å². The van der Waals surface area contributed by atoms with Gasteiger partial charge < -0.3 is 8.37 Å². The van der Waals surface area contributed by atoms with Crippen LogP contribution in [0.2, 0.25) is 0 Å². The van der Waals surface area contributed by atoms with Crippen molar-refractivity contribution < 1.29 is 38.4 Å². The molecule has 11 heteroatoms. The third kappa shape index (κ3) is 5.92. The molecular weight excluding hydrogens is 397 g/mol. The van der Waals surface area contributed by atoms with Crippen LogP contribution in [0.15, 0.2) is 48.5 Å². The fourth-order valence-electron chi connectivity index (χ4n) is 1.91. The minimum Gasteiger partial charge on any atom is -0.382 e. The van der Waals surface area contributed by atoms with Crippen molar-refractivity contribution >= 4 is 20.2 Å². The molecule has 0 atom stereocenters. The zero-order chi connectivity index (χ0) is 19.6. The Balaban J connectivity index is 2.15. The quantitative estimate of drug-likeness (QED) is 0.681. The van der Waals surface area contributed by atoms with E-state index in [0.29, 0.717) is 11.6 Å². The molecule has 0 aliphatic rings. The summed E-state index contributed by atoms with van der Waals surface area (Å²) in [6.07, 6.45) is -4.70. The average Bonchev–Trinajstić information content (AvgIpc) is 2.44. The first kappa shape index (κ1) is 20.0. The molecule has 0 N–H and O–H groups in total. The summed E-state index contributed by atoms with van der Waals surface area (Å²) in [6, 6.07) is 8.93. The van der Waals surface area contributed by atoms with Crippen molar-refractivity contribution in [2.24, 2.45) is 0 Å². The number of halogens is 3. The van der Waals surface area contributed by atoms with Gasteiger partial charge in [-0.05, 0) is 42.8 Å². The first-order chi connectivity index (χ1) is 11.9. The van der Waals surface area contributed by atoms with Crippen LogP contribution in [0.3, 0.4) is 0 Å². The lowest BCUT2D eigenvalue weighted by Gasteiger charge is -2.11. The lowest BCUT2D eigenvalue weighted by Crippen LogP contribution is -2.24.